The van der Waals surface area contributed by atoms with Gasteiger partial charge < -0.3 is 4.84 Å². The highest BCUT2D eigenvalue weighted by Crippen LogP contribution is 2.17. The van der Waals surface area contributed by atoms with E-state index in [1.165, 1.54) is 0 Å². The van der Waals surface area contributed by atoms with Gasteiger partial charge in [-0.25, -0.2) is 4.79 Å². The third kappa shape index (κ3) is 4.80. The molecule has 3 rings (SSSR count). The van der Waals surface area contributed by atoms with Crippen LogP contribution in [0.15, 0.2) is 60.7 Å². The Labute approximate surface area is 158 Å². The molecule has 0 aliphatic carbocycles. The van der Waals surface area contributed by atoms with E-state index in [-0.39, 0.29) is 12.8 Å². The van der Waals surface area contributed by atoms with Crippen molar-refractivity contribution in [2.45, 2.75) is 38.9 Å². The second-order valence-corrected chi connectivity index (χ2v) is 6.54. The van der Waals surface area contributed by atoms with Gasteiger partial charge in [-0.1, -0.05) is 60.7 Å². The Morgan fingerprint density at radius 3 is 1.81 bits per heavy atom. The summed E-state index contributed by atoms with van der Waals surface area (Å²) in [6, 6.07) is 19.0. The summed E-state index contributed by atoms with van der Waals surface area (Å²) in [7, 11) is 0. The van der Waals surface area contributed by atoms with Gasteiger partial charge in [-0.05, 0) is 18.1 Å². The van der Waals surface area contributed by atoms with Crippen molar-refractivity contribution in [2.24, 2.45) is 0 Å². The summed E-state index contributed by atoms with van der Waals surface area (Å²) in [5.74, 6) is -1.57. The van der Waals surface area contributed by atoms with E-state index in [0.717, 1.165) is 11.1 Å². The Morgan fingerprint density at radius 2 is 1.37 bits per heavy atom. The molecular weight excluding hydrogens is 344 g/mol. The van der Waals surface area contributed by atoms with Gasteiger partial charge >= 0.3 is 5.97 Å². The van der Waals surface area contributed by atoms with Gasteiger partial charge in [0, 0.05) is 25.9 Å². The van der Waals surface area contributed by atoms with Crippen LogP contribution in [0, 0.1) is 0 Å². The van der Waals surface area contributed by atoms with Crippen molar-refractivity contribution < 1.29 is 19.2 Å². The van der Waals surface area contributed by atoms with Crippen molar-refractivity contribution in [1.82, 2.24) is 9.96 Å². The standard InChI is InChI=1S/C21H22N2O4/c1-16(21(26)27-23-19(24)12-13-20(23)25)22(14-17-8-4-2-5-9-17)15-18-10-6-3-7-11-18/h2-11,16H,12-15H2,1H3/t16-/m0/s1. The predicted octanol–water partition coefficient (Wildman–Crippen LogP) is 2.68. The van der Waals surface area contributed by atoms with Gasteiger partial charge in [0.05, 0.1) is 0 Å². The first-order valence-corrected chi connectivity index (χ1v) is 8.94. The van der Waals surface area contributed by atoms with Crippen molar-refractivity contribution in [1.29, 1.82) is 0 Å². The van der Waals surface area contributed by atoms with E-state index in [1.807, 2.05) is 65.6 Å². The molecule has 140 valence electrons. The van der Waals surface area contributed by atoms with Crippen molar-refractivity contribution in [3.63, 3.8) is 0 Å². The summed E-state index contributed by atoms with van der Waals surface area (Å²) in [5, 5.41) is 0.599. The van der Waals surface area contributed by atoms with Crippen molar-refractivity contribution in [2.75, 3.05) is 0 Å². The molecular formula is C21H22N2O4. The van der Waals surface area contributed by atoms with Crippen molar-refractivity contribution in [3.8, 4) is 0 Å². The van der Waals surface area contributed by atoms with Crippen LogP contribution in [0.1, 0.15) is 30.9 Å². The second kappa shape index (κ2) is 8.60. The molecule has 2 amide bonds. The Bertz CT molecular complexity index is 750. The molecule has 27 heavy (non-hydrogen) atoms. The molecule has 1 aliphatic heterocycles. The summed E-state index contributed by atoms with van der Waals surface area (Å²) in [5.41, 5.74) is 2.11. The molecule has 1 atom stereocenters. The number of hydrogen-bond donors (Lipinski definition) is 0. The van der Waals surface area contributed by atoms with Crippen molar-refractivity contribution in [3.05, 3.63) is 71.8 Å². The molecule has 2 aromatic carbocycles. The van der Waals surface area contributed by atoms with Gasteiger partial charge in [0.2, 0.25) is 0 Å². The third-order valence-corrected chi connectivity index (χ3v) is 4.53. The molecule has 6 heteroatoms. The average molecular weight is 366 g/mol. The Balaban J connectivity index is 1.74. The molecule has 0 spiro atoms. The molecule has 0 saturated carbocycles. The lowest BCUT2D eigenvalue weighted by molar-refractivity contribution is -0.201. The van der Waals surface area contributed by atoms with Gasteiger partial charge in [0.25, 0.3) is 11.8 Å². The van der Waals surface area contributed by atoms with Crippen LogP contribution in [0.2, 0.25) is 0 Å². The molecule has 1 aliphatic rings. The Hall–Kier alpha value is -2.99. The summed E-state index contributed by atoms with van der Waals surface area (Å²) in [6.07, 6.45) is 0.163. The maximum absolute atomic E-state index is 12.6. The first-order valence-electron chi connectivity index (χ1n) is 8.94. The van der Waals surface area contributed by atoms with Crippen LogP contribution in [0.3, 0.4) is 0 Å². The largest absolute Gasteiger partial charge is 0.349 e. The lowest BCUT2D eigenvalue weighted by Crippen LogP contribution is -2.43. The van der Waals surface area contributed by atoms with E-state index < -0.39 is 23.8 Å². The topological polar surface area (TPSA) is 66.9 Å². The van der Waals surface area contributed by atoms with Gasteiger partial charge in [-0.15, -0.1) is 5.06 Å². The highest BCUT2D eigenvalue weighted by molar-refractivity contribution is 6.01. The normalized spacial score (nSPS) is 15.3. The minimum absolute atomic E-state index is 0.0816. The number of hydrogen-bond acceptors (Lipinski definition) is 5. The smallest absolute Gasteiger partial charge is 0.329 e. The summed E-state index contributed by atoms with van der Waals surface area (Å²) >= 11 is 0. The number of rotatable bonds is 7. The zero-order valence-electron chi connectivity index (χ0n) is 15.2. The molecule has 1 heterocycles. The zero-order valence-corrected chi connectivity index (χ0v) is 15.2. The van der Waals surface area contributed by atoms with Crippen LogP contribution in [-0.4, -0.2) is 33.8 Å². The maximum Gasteiger partial charge on any atom is 0.349 e. The molecule has 1 saturated heterocycles. The molecule has 0 bridgehead atoms. The van der Waals surface area contributed by atoms with E-state index in [1.54, 1.807) is 6.92 Å². The van der Waals surface area contributed by atoms with Crippen LogP contribution in [0.5, 0.6) is 0 Å². The minimum Gasteiger partial charge on any atom is -0.329 e. The van der Waals surface area contributed by atoms with Gasteiger partial charge in [-0.3, -0.25) is 14.5 Å². The van der Waals surface area contributed by atoms with Gasteiger partial charge in [0.1, 0.15) is 6.04 Å². The first-order chi connectivity index (χ1) is 13.0. The number of carbonyl (C=O) groups excluding carboxylic acids is 3. The number of amides is 2. The zero-order chi connectivity index (χ0) is 19.2. The second-order valence-electron chi connectivity index (χ2n) is 6.54. The number of imide groups is 1. The third-order valence-electron chi connectivity index (χ3n) is 4.53. The first kappa shape index (κ1) is 18.8. The highest BCUT2D eigenvalue weighted by atomic mass is 16.7. The van der Waals surface area contributed by atoms with Crippen LogP contribution in [0.4, 0.5) is 0 Å². The SMILES string of the molecule is C[C@@H](C(=O)ON1C(=O)CCC1=O)N(Cc1ccccc1)Cc1ccccc1. The van der Waals surface area contributed by atoms with Crippen molar-refractivity contribution >= 4 is 17.8 Å². The Kier molecular flexibility index (Phi) is 5.98. The van der Waals surface area contributed by atoms with Crippen LogP contribution in [0.25, 0.3) is 0 Å². The lowest BCUT2D eigenvalue weighted by Gasteiger charge is -2.28. The fourth-order valence-electron chi connectivity index (χ4n) is 2.94. The van der Waals surface area contributed by atoms with E-state index in [4.69, 9.17) is 4.84 Å². The predicted molar refractivity (Wildman–Crippen MR) is 98.8 cm³/mol. The van der Waals surface area contributed by atoms with Gasteiger partial charge in [0.15, 0.2) is 0 Å². The molecule has 1 fully saturated rings. The quantitative estimate of drug-likeness (QED) is 0.705. The summed E-state index contributed by atoms with van der Waals surface area (Å²) in [4.78, 5) is 43.1. The number of carbonyl (C=O) groups is 3. The van der Waals surface area contributed by atoms with E-state index in [0.29, 0.717) is 18.2 Å². The van der Waals surface area contributed by atoms with Gasteiger partial charge in [-0.2, -0.15) is 0 Å². The molecule has 0 N–H and O–H groups in total. The molecule has 0 unspecified atom stereocenters. The van der Waals surface area contributed by atoms with Crippen LogP contribution >= 0.6 is 0 Å². The minimum atomic E-state index is -0.633. The number of nitrogens with zero attached hydrogens (tertiary/aromatic N) is 2. The highest BCUT2D eigenvalue weighted by Gasteiger charge is 2.35. The Morgan fingerprint density at radius 1 is 0.926 bits per heavy atom. The summed E-state index contributed by atoms with van der Waals surface area (Å²) < 4.78 is 0. The fraction of sp³-hybridized carbons (Fsp3) is 0.286. The molecule has 0 aromatic heterocycles. The van der Waals surface area contributed by atoms with E-state index in [9.17, 15) is 14.4 Å². The molecule has 6 nitrogen and oxygen atoms in total. The number of benzene rings is 2. The number of hydroxylamine groups is 2. The monoisotopic (exact) mass is 366 g/mol. The average Bonchev–Trinajstić information content (AvgIpc) is 3.00. The molecule has 0 radical (unpaired) electrons. The lowest BCUT2D eigenvalue weighted by atomic mass is 10.1. The maximum atomic E-state index is 12.6. The van der Waals surface area contributed by atoms with E-state index >= 15 is 0 Å². The summed E-state index contributed by atoms with van der Waals surface area (Å²) in [6.45, 7) is 2.79. The van der Waals surface area contributed by atoms with E-state index in [2.05, 4.69) is 0 Å². The fourth-order valence-corrected chi connectivity index (χ4v) is 2.94. The molecule has 2 aromatic rings. The van der Waals surface area contributed by atoms with Crippen LogP contribution in [-0.2, 0) is 32.3 Å². The van der Waals surface area contributed by atoms with Crippen LogP contribution < -0.4 is 0 Å².